The van der Waals surface area contributed by atoms with Crippen LogP contribution < -0.4 is 5.73 Å². The molecule has 0 atom stereocenters. The number of aromatic nitrogens is 2. The predicted octanol–water partition coefficient (Wildman–Crippen LogP) is 1.37. The van der Waals surface area contributed by atoms with E-state index in [0.717, 1.165) is 63.3 Å². The van der Waals surface area contributed by atoms with Crippen LogP contribution in [0, 0.1) is 0 Å². The number of thiophene rings is 1. The molecule has 134 valence electrons. The van der Waals surface area contributed by atoms with E-state index in [0.29, 0.717) is 11.7 Å². The van der Waals surface area contributed by atoms with E-state index in [4.69, 9.17) is 10.3 Å². The van der Waals surface area contributed by atoms with Crippen molar-refractivity contribution in [3.63, 3.8) is 0 Å². The molecule has 3 heterocycles. The van der Waals surface area contributed by atoms with Gasteiger partial charge in [0.05, 0.1) is 10.4 Å². The lowest BCUT2D eigenvalue weighted by atomic mass is 10.2. The Balaban J connectivity index is 1.19. The van der Waals surface area contributed by atoms with Gasteiger partial charge < -0.3 is 15.2 Å². The van der Waals surface area contributed by atoms with Crippen LogP contribution in [-0.4, -0.2) is 64.1 Å². The van der Waals surface area contributed by atoms with Gasteiger partial charge in [-0.3, -0.25) is 9.69 Å². The Kier molecular flexibility index (Phi) is 4.58. The van der Waals surface area contributed by atoms with Gasteiger partial charge in [-0.2, -0.15) is 4.98 Å². The van der Waals surface area contributed by atoms with Crippen LogP contribution in [0.4, 0.5) is 0 Å². The van der Waals surface area contributed by atoms with Gasteiger partial charge in [-0.15, -0.1) is 11.3 Å². The van der Waals surface area contributed by atoms with Crippen LogP contribution in [0.15, 0.2) is 22.0 Å². The topological polar surface area (TPSA) is 88.5 Å². The highest BCUT2D eigenvalue weighted by atomic mass is 32.1. The number of nitrogens with two attached hydrogens (primary N) is 1. The van der Waals surface area contributed by atoms with Crippen molar-refractivity contribution in [1.29, 1.82) is 0 Å². The molecule has 0 aromatic carbocycles. The van der Waals surface area contributed by atoms with Gasteiger partial charge in [-0.05, 0) is 37.3 Å². The van der Waals surface area contributed by atoms with Gasteiger partial charge in [0.15, 0.2) is 0 Å². The lowest BCUT2D eigenvalue weighted by Crippen LogP contribution is -2.54. The van der Waals surface area contributed by atoms with Crippen molar-refractivity contribution >= 4 is 17.2 Å². The van der Waals surface area contributed by atoms with E-state index in [1.54, 1.807) is 11.3 Å². The maximum absolute atomic E-state index is 12.2. The molecule has 1 saturated carbocycles. The van der Waals surface area contributed by atoms with Crippen LogP contribution in [0.3, 0.4) is 0 Å². The minimum Gasteiger partial charge on any atom is -0.339 e. The normalized spacial score (nSPS) is 20.0. The molecule has 2 aromatic rings. The first-order valence-electron chi connectivity index (χ1n) is 8.81. The van der Waals surface area contributed by atoms with Gasteiger partial charge in [0.1, 0.15) is 0 Å². The molecule has 7 nitrogen and oxygen atoms in total. The summed E-state index contributed by atoms with van der Waals surface area (Å²) >= 11 is 1.61. The number of aryl methyl sites for hydroxylation is 1. The average molecular weight is 361 g/mol. The maximum atomic E-state index is 12.2. The molecule has 4 rings (SSSR count). The summed E-state index contributed by atoms with van der Waals surface area (Å²) in [5.41, 5.74) is 5.47. The van der Waals surface area contributed by atoms with Crippen molar-refractivity contribution in [1.82, 2.24) is 19.9 Å². The van der Waals surface area contributed by atoms with E-state index >= 15 is 0 Å². The number of nitrogens with zero attached hydrogens (tertiary/aromatic N) is 4. The average Bonchev–Trinajstić information content (AvgIpc) is 3.06. The van der Waals surface area contributed by atoms with E-state index in [1.165, 1.54) is 0 Å². The molecule has 25 heavy (non-hydrogen) atoms. The Labute approximate surface area is 150 Å². The van der Waals surface area contributed by atoms with Crippen LogP contribution in [-0.2, 0) is 11.2 Å². The standard InChI is InChI=1S/C17H23N5O2S/c18-17(5-6-17)16(23)22-10-8-21(9-11-22)7-1-4-14-19-15(20-24-14)13-3-2-12-25-13/h2-3,12H,1,4-11,18H2. The Morgan fingerprint density at radius 3 is 2.80 bits per heavy atom. The van der Waals surface area contributed by atoms with Gasteiger partial charge in [0.25, 0.3) is 0 Å². The van der Waals surface area contributed by atoms with Crippen molar-refractivity contribution in [3.05, 3.63) is 23.4 Å². The number of piperazine rings is 1. The summed E-state index contributed by atoms with van der Waals surface area (Å²) in [6.45, 7) is 4.35. The van der Waals surface area contributed by atoms with Gasteiger partial charge in [0.2, 0.25) is 17.6 Å². The first kappa shape index (κ1) is 16.7. The van der Waals surface area contributed by atoms with Gasteiger partial charge in [0, 0.05) is 32.6 Å². The summed E-state index contributed by atoms with van der Waals surface area (Å²) < 4.78 is 5.33. The van der Waals surface area contributed by atoms with E-state index in [1.807, 2.05) is 22.4 Å². The number of hydrogen-bond acceptors (Lipinski definition) is 7. The summed E-state index contributed by atoms with van der Waals surface area (Å²) in [7, 11) is 0. The lowest BCUT2D eigenvalue weighted by Gasteiger charge is -2.36. The molecule has 0 radical (unpaired) electrons. The third-order valence-corrected chi connectivity index (χ3v) is 5.81. The highest BCUT2D eigenvalue weighted by Gasteiger charge is 2.48. The third-order valence-electron chi connectivity index (χ3n) is 4.95. The molecular weight excluding hydrogens is 338 g/mol. The number of carbonyl (C=O) groups is 1. The van der Waals surface area contributed by atoms with Crippen molar-refractivity contribution in [3.8, 4) is 10.7 Å². The van der Waals surface area contributed by atoms with Gasteiger partial charge in [-0.25, -0.2) is 0 Å². The zero-order chi connectivity index (χ0) is 17.3. The van der Waals surface area contributed by atoms with Crippen LogP contribution in [0.2, 0.25) is 0 Å². The van der Waals surface area contributed by atoms with Crippen molar-refractivity contribution in [2.24, 2.45) is 5.73 Å². The monoisotopic (exact) mass is 361 g/mol. The first-order chi connectivity index (χ1) is 12.1. The molecule has 0 bridgehead atoms. The quantitative estimate of drug-likeness (QED) is 0.836. The fourth-order valence-electron chi connectivity index (χ4n) is 3.15. The molecule has 2 aliphatic rings. The number of rotatable bonds is 6. The molecule has 1 amide bonds. The fourth-order valence-corrected chi connectivity index (χ4v) is 3.80. The summed E-state index contributed by atoms with van der Waals surface area (Å²) in [5, 5.41) is 6.04. The van der Waals surface area contributed by atoms with Crippen LogP contribution >= 0.6 is 11.3 Å². The number of carbonyl (C=O) groups excluding carboxylic acids is 1. The van der Waals surface area contributed by atoms with Crippen molar-refractivity contribution in [2.75, 3.05) is 32.7 Å². The Morgan fingerprint density at radius 2 is 2.12 bits per heavy atom. The number of amides is 1. The molecule has 1 aliphatic heterocycles. The van der Waals surface area contributed by atoms with E-state index in [9.17, 15) is 4.79 Å². The molecule has 0 unspecified atom stereocenters. The summed E-state index contributed by atoms with van der Waals surface area (Å²) in [6.07, 6.45) is 3.43. The van der Waals surface area contributed by atoms with Crippen LogP contribution in [0.5, 0.6) is 0 Å². The molecule has 8 heteroatoms. The highest BCUT2D eigenvalue weighted by Crippen LogP contribution is 2.34. The SMILES string of the molecule is NC1(C(=O)N2CCN(CCCc3nc(-c4cccs4)no3)CC2)CC1. The second-order valence-corrected chi connectivity index (χ2v) is 7.83. The molecule has 2 aromatic heterocycles. The highest BCUT2D eigenvalue weighted by molar-refractivity contribution is 7.13. The van der Waals surface area contributed by atoms with E-state index in [2.05, 4.69) is 15.0 Å². The molecule has 2 N–H and O–H groups in total. The zero-order valence-electron chi connectivity index (χ0n) is 14.2. The summed E-state index contributed by atoms with van der Waals surface area (Å²) in [4.78, 5) is 22.0. The largest absolute Gasteiger partial charge is 0.339 e. The molecular formula is C17H23N5O2S. The fraction of sp³-hybridized carbons (Fsp3) is 0.588. The zero-order valence-corrected chi connectivity index (χ0v) is 15.0. The third kappa shape index (κ3) is 3.75. The second kappa shape index (κ2) is 6.86. The second-order valence-electron chi connectivity index (χ2n) is 6.88. The summed E-state index contributed by atoms with van der Waals surface area (Å²) in [6, 6.07) is 3.98. The minimum atomic E-state index is -0.541. The lowest BCUT2D eigenvalue weighted by molar-refractivity contribution is -0.135. The van der Waals surface area contributed by atoms with Crippen LogP contribution in [0.1, 0.15) is 25.2 Å². The van der Waals surface area contributed by atoms with E-state index in [-0.39, 0.29) is 5.91 Å². The van der Waals surface area contributed by atoms with Gasteiger partial charge >= 0.3 is 0 Å². The summed E-state index contributed by atoms with van der Waals surface area (Å²) in [5.74, 6) is 1.50. The maximum Gasteiger partial charge on any atom is 0.242 e. The molecule has 1 saturated heterocycles. The first-order valence-corrected chi connectivity index (χ1v) is 9.69. The molecule has 2 fully saturated rings. The van der Waals surface area contributed by atoms with Gasteiger partial charge in [-0.1, -0.05) is 11.2 Å². The van der Waals surface area contributed by atoms with Crippen LogP contribution in [0.25, 0.3) is 10.7 Å². The van der Waals surface area contributed by atoms with E-state index < -0.39 is 5.54 Å². The predicted molar refractivity (Wildman–Crippen MR) is 95.1 cm³/mol. The Bertz CT molecular complexity index is 717. The smallest absolute Gasteiger partial charge is 0.242 e. The Morgan fingerprint density at radius 1 is 1.32 bits per heavy atom. The number of hydrogen-bond donors (Lipinski definition) is 1. The molecule has 0 spiro atoms. The minimum absolute atomic E-state index is 0.138. The van der Waals surface area contributed by atoms with Crippen molar-refractivity contribution in [2.45, 2.75) is 31.2 Å². The Hall–Kier alpha value is -1.77. The van der Waals surface area contributed by atoms with Crippen molar-refractivity contribution < 1.29 is 9.32 Å². The molecule has 1 aliphatic carbocycles.